The summed E-state index contributed by atoms with van der Waals surface area (Å²) >= 11 is 0. The third kappa shape index (κ3) is 3.81. The zero-order valence-electron chi connectivity index (χ0n) is 13.5. The van der Waals surface area contributed by atoms with E-state index >= 15 is 0 Å². The Kier molecular flexibility index (Phi) is 5.58. The van der Waals surface area contributed by atoms with Crippen LogP contribution in [-0.2, 0) is 6.18 Å². The van der Waals surface area contributed by atoms with Crippen LogP contribution in [0.3, 0.4) is 0 Å². The first kappa shape index (κ1) is 19.3. The van der Waals surface area contributed by atoms with Gasteiger partial charge >= 0.3 is 6.18 Å². The van der Waals surface area contributed by atoms with Gasteiger partial charge in [0.25, 0.3) is 0 Å². The van der Waals surface area contributed by atoms with Crippen molar-refractivity contribution >= 4 is 34.7 Å². The van der Waals surface area contributed by atoms with Crippen LogP contribution in [-0.4, -0.2) is 12.1 Å². The molecule has 1 aromatic heterocycles. The Labute approximate surface area is 153 Å². The molecule has 134 valence electrons. The number of benzene rings is 2. The Balaban J connectivity index is 0.00000243. The second kappa shape index (κ2) is 7.50. The van der Waals surface area contributed by atoms with Crippen molar-refractivity contribution in [2.75, 3.05) is 12.4 Å². The SMILES string of the molecule is COc1ccc2ncc(C#N)c(Nc3cccc(C(F)(F)F)c3)c2c1.Cl. The topological polar surface area (TPSA) is 57.9 Å². The van der Waals surface area contributed by atoms with Crippen molar-refractivity contribution in [1.29, 1.82) is 5.26 Å². The Bertz CT molecular complexity index is 984. The van der Waals surface area contributed by atoms with E-state index in [9.17, 15) is 18.4 Å². The average Bonchev–Trinajstić information content (AvgIpc) is 2.61. The Morgan fingerprint density at radius 1 is 1.15 bits per heavy atom. The number of pyridine rings is 1. The highest BCUT2D eigenvalue weighted by Crippen LogP contribution is 2.34. The molecule has 1 N–H and O–H groups in total. The van der Waals surface area contributed by atoms with Crippen molar-refractivity contribution in [1.82, 2.24) is 4.98 Å². The summed E-state index contributed by atoms with van der Waals surface area (Å²) in [6, 6.07) is 11.9. The summed E-state index contributed by atoms with van der Waals surface area (Å²) in [6.45, 7) is 0. The quantitative estimate of drug-likeness (QED) is 0.671. The van der Waals surface area contributed by atoms with E-state index in [2.05, 4.69) is 10.3 Å². The Hall–Kier alpha value is -2.98. The minimum atomic E-state index is -4.45. The lowest BCUT2D eigenvalue weighted by molar-refractivity contribution is -0.137. The lowest BCUT2D eigenvalue weighted by Crippen LogP contribution is -2.05. The number of anilines is 2. The van der Waals surface area contributed by atoms with Crippen LogP contribution in [0.4, 0.5) is 24.5 Å². The fraction of sp³-hybridized carbons (Fsp3) is 0.111. The third-order valence-corrected chi connectivity index (χ3v) is 3.65. The standard InChI is InChI=1S/C18H12F3N3O.ClH/c1-25-14-5-6-16-15(8-14)17(11(9-22)10-23-16)24-13-4-2-3-12(7-13)18(19,20)21;/h2-8,10H,1H3,(H,23,24);1H. The van der Waals surface area contributed by atoms with E-state index in [1.807, 2.05) is 6.07 Å². The van der Waals surface area contributed by atoms with Gasteiger partial charge in [0.05, 0.1) is 29.4 Å². The molecule has 0 atom stereocenters. The average molecular weight is 380 g/mol. The molecular formula is C18H13ClF3N3O. The number of aromatic nitrogens is 1. The fourth-order valence-corrected chi connectivity index (χ4v) is 2.44. The number of hydrogen-bond donors (Lipinski definition) is 1. The molecule has 0 radical (unpaired) electrons. The van der Waals surface area contributed by atoms with Gasteiger partial charge in [0.1, 0.15) is 11.8 Å². The van der Waals surface area contributed by atoms with Crippen LogP contribution >= 0.6 is 12.4 Å². The molecule has 2 aromatic carbocycles. The van der Waals surface area contributed by atoms with Crippen molar-refractivity contribution in [2.45, 2.75) is 6.18 Å². The molecule has 0 unspecified atom stereocenters. The summed E-state index contributed by atoms with van der Waals surface area (Å²) in [5.74, 6) is 0.552. The molecule has 3 aromatic rings. The Morgan fingerprint density at radius 3 is 2.58 bits per heavy atom. The highest BCUT2D eigenvalue weighted by atomic mass is 35.5. The molecule has 4 nitrogen and oxygen atoms in total. The van der Waals surface area contributed by atoms with Crippen LogP contribution in [0.2, 0.25) is 0 Å². The molecule has 8 heteroatoms. The first-order valence-corrected chi connectivity index (χ1v) is 7.23. The molecule has 3 rings (SSSR count). The summed E-state index contributed by atoms with van der Waals surface area (Å²) in [4.78, 5) is 4.19. The molecule has 0 saturated heterocycles. The van der Waals surface area contributed by atoms with Crippen molar-refractivity contribution in [3.05, 3.63) is 59.8 Å². The van der Waals surface area contributed by atoms with Crippen LogP contribution in [0.1, 0.15) is 11.1 Å². The zero-order valence-corrected chi connectivity index (χ0v) is 14.3. The molecule has 0 saturated carbocycles. The number of fused-ring (bicyclic) bond motifs is 1. The van der Waals surface area contributed by atoms with E-state index < -0.39 is 11.7 Å². The molecule has 0 fully saturated rings. The van der Waals surface area contributed by atoms with Gasteiger partial charge in [-0.15, -0.1) is 12.4 Å². The van der Waals surface area contributed by atoms with Gasteiger partial charge in [-0.2, -0.15) is 18.4 Å². The van der Waals surface area contributed by atoms with Gasteiger partial charge in [-0.1, -0.05) is 6.07 Å². The number of nitrogens with one attached hydrogen (secondary N) is 1. The number of halogens is 4. The maximum atomic E-state index is 12.9. The summed E-state index contributed by atoms with van der Waals surface area (Å²) in [5.41, 5.74) is 0.645. The maximum Gasteiger partial charge on any atom is 0.416 e. The zero-order chi connectivity index (χ0) is 18.0. The van der Waals surface area contributed by atoms with Gasteiger partial charge in [0.15, 0.2) is 0 Å². The van der Waals surface area contributed by atoms with Crippen LogP contribution < -0.4 is 10.1 Å². The van der Waals surface area contributed by atoms with E-state index in [-0.39, 0.29) is 23.7 Å². The predicted octanol–water partition coefficient (Wildman–Crippen LogP) is 5.30. The summed E-state index contributed by atoms with van der Waals surface area (Å²) in [5, 5.41) is 12.8. The van der Waals surface area contributed by atoms with Gasteiger partial charge in [-0.25, -0.2) is 0 Å². The van der Waals surface area contributed by atoms with Crippen molar-refractivity contribution in [3.63, 3.8) is 0 Å². The number of methoxy groups -OCH3 is 1. The van der Waals surface area contributed by atoms with E-state index in [1.54, 1.807) is 18.2 Å². The number of nitrogens with zero attached hydrogens (tertiary/aromatic N) is 2. The van der Waals surface area contributed by atoms with Gasteiger partial charge in [-0.3, -0.25) is 4.98 Å². The number of nitriles is 1. The predicted molar refractivity (Wildman–Crippen MR) is 95.0 cm³/mol. The lowest BCUT2D eigenvalue weighted by Gasteiger charge is -2.14. The number of hydrogen-bond acceptors (Lipinski definition) is 4. The van der Waals surface area contributed by atoms with Crippen LogP contribution in [0, 0.1) is 11.3 Å². The minimum absolute atomic E-state index is 0. The van der Waals surface area contributed by atoms with Crippen LogP contribution in [0.15, 0.2) is 48.7 Å². The first-order chi connectivity index (χ1) is 11.9. The highest BCUT2D eigenvalue weighted by molar-refractivity contribution is 5.96. The molecule has 0 aliphatic carbocycles. The van der Waals surface area contributed by atoms with Gasteiger partial charge in [0.2, 0.25) is 0 Å². The van der Waals surface area contributed by atoms with Crippen molar-refractivity contribution in [2.24, 2.45) is 0 Å². The van der Waals surface area contributed by atoms with E-state index in [1.165, 1.54) is 25.4 Å². The molecule has 1 heterocycles. The first-order valence-electron chi connectivity index (χ1n) is 7.23. The highest BCUT2D eigenvalue weighted by Gasteiger charge is 2.30. The third-order valence-electron chi connectivity index (χ3n) is 3.65. The largest absolute Gasteiger partial charge is 0.497 e. The smallest absolute Gasteiger partial charge is 0.416 e. The maximum absolute atomic E-state index is 12.9. The summed E-state index contributed by atoms with van der Waals surface area (Å²) in [6.07, 6.45) is -3.07. The number of rotatable bonds is 3. The molecule has 0 aliphatic heterocycles. The number of alkyl halides is 3. The molecular weight excluding hydrogens is 367 g/mol. The normalized spacial score (nSPS) is 10.7. The molecule has 0 bridgehead atoms. The molecule has 0 spiro atoms. The van der Waals surface area contributed by atoms with Gasteiger partial charge in [-0.05, 0) is 36.4 Å². The van der Waals surface area contributed by atoms with E-state index in [4.69, 9.17) is 4.74 Å². The molecule has 0 aliphatic rings. The van der Waals surface area contributed by atoms with Crippen LogP contribution in [0.25, 0.3) is 10.9 Å². The summed E-state index contributed by atoms with van der Waals surface area (Å²) in [7, 11) is 1.50. The second-order valence-corrected chi connectivity index (χ2v) is 5.25. The monoisotopic (exact) mass is 379 g/mol. The minimum Gasteiger partial charge on any atom is -0.497 e. The molecule has 0 amide bonds. The van der Waals surface area contributed by atoms with Gasteiger partial charge < -0.3 is 10.1 Å². The number of ether oxygens (including phenoxy) is 1. The van der Waals surface area contributed by atoms with Crippen molar-refractivity contribution in [3.8, 4) is 11.8 Å². The Morgan fingerprint density at radius 2 is 1.92 bits per heavy atom. The second-order valence-electron chi connectivity index (χ2n) is 5.25. The lowest BCUT2D eigenvalue weighted by atomic mass is 10.1. The summed E-state index contributed by atoms with van der Waals surface area (Å²) < 4.78 is 43.9. The van der Waals surface area contributed by atoms with Gasteiger partial charge in [0, 0.05) is 17.3 Å². The fourth-order valence-electron chi connectivity index (χ4n) is 2.44. The van der Waals surface area contributed by atoms with Crippen LogP contribution in [0.5, 0.6) is 5.75 Å². The van der Waals surface area contributed by atoms with E-state index in [0.29, 0.717) is 22.3 Å². The van der Waals surface area contributed by atoms with Crippen molar-refractivity contribution < 1.29 is 17.9 Å². The van der Waals surface area contributed by atoms with E-state index in [0.717, 1.165) is 12.1 Å². The molecule has 26 heavy (non-hydrogen) atoms.